The lowest BCUT2D eigenvalue weighted by molar-refractivity contribution is -0.875. The molecule has 0 heterocycles. The Bertz CT molecular complexity index is 579. The van der Waals surface area contributed by atoms with E-state index in [1.807, 2.05) is 27.2 Å². The largest absolute Gasteiger partial charge is 0.373 e. The first kappa shape index (κ1) is 33.5. The van der Waals surface area contributed by atoms with Gasteiger partial charge >= 0.3 is 7.60 Å². The van der Waals surface area contributed by atoms with Crippen LogP contribution in [0.2, 0.25) is 0 Å². The summed E-state index contributed by atoms with van der Waals surface area (Å²) in [5, 5.41) is 8.57. The van der Waals surface area contributed by atoms with Crippen LogP contribution in [0.4, 0.5) is 0 Å². The molecule has 1 unspecified atom stereocenters. The Balaban J connectivity index is 3.62. The molecule has 0 aliphatic carbocycles. The molecule has 0 aliphatic heterocycles. The summed E-state index contributed by atoms with van der Waals surface area (Å²) in [4.78, 5) is 19.2. The van der Waals surface area contributed by atoms with Gasteiger partial charge in [0, 0.05) is 0 Å². The lowest BCUT2D eigenvalue weighted by atomic mass is 10.1. The quantitative estimate of drug-likeness (QED) is 0.0578. The predicted octanol–water partition coefficient (Wildman–Crippen LogP) is 7.71. The van der Waals surface area contributed by atoms with E-state index in [4.69, 9.17) is 0 Å². The van der Waals surface area contributed by atoms with Crippen molar-refractivity contribution in [1.29, 1.82) is 0 Å². The Hall–Kier alpha value is -0.450. The van der Waals surface area contributed by atoms with Gasteiger partial charge in [-0.15, -0.1) is 0 Å². The summed E-state index contributed by atoms with van der Waals surface area (Å²) in [6.45, 7) is 2.29. The van der Waals surface area contributed by atoms with Crippen LogP contribution in [0.3, 0.4) is 0 Å². The zero-order valence-electron chi connectivity index (χ0n) is 22.9. The van der Waals surface area contributed by atoms with Gasteiger partial charge < -0.3 is 19.4 Å². The van der Waals surface area contributed by atoms with Gasteiger partial charge in [0.25, 0.3) is 0 Å². The van der Waals surface area contributed by atoms with Crippen molar-refractivity contribution in [2.24, 2.45) is 0 Å². The maximum absolute atomic E-state index is 11.8. The number of nitrogens with zero attached hydrogens (tertiary/aromatic N) is 1. The van der Waals surface area contributed by atoms with Gasteiger partial charge in [0.2, 0.25) is 5.34 Å². The van der Waals surface area contributed by atoms with Gasteiger partial charge in [-0.1, -0.05) is 95.4 Å². The van der Waals surface area contributed by atoms with Crippen LogP contribution in [0.1, 0.15) is 122 Å². The van der Waals surface area contributed by atoms with E-state index in [0.717, 1.165) is 12.8 Å². The lowest BCUT2D eigenvalue weighted by Gasteiger charge is -2.35. The molecule has 0 saturated heterocycles. The van der Waals surface area contributed by atoms with Gasteiger partial charge in [0.1, 0.15) is 6.54 Å². The van der Waals surface area contributed by atoms with Crippen molar-refractivity contribution < 1.29 is 23.9 Å². The van der Waals surface area contributed by atoms with Crippen LogP contribution in [0, 0.1) is 0 Å². The normalized spacial score (nSPS) is 14.9. The number of unbranched alkanes of at least 4 members (excludes halogenated alkanes) is 14. The number of likely N-dealkylation sites (N-methyl/N-ethyl adjacent to an activating group) is 1. The summed E-state index contributed by atoms with van der Waals surface area (Å²) in [5.41, 5.74) is 0. The van der Waals surface area contributed by atoms with Gasteiger partial charge in [-0.2, -0.15) is 0 Å². The average molecular weight is 503 g/mol. The molecule has 0 aromatic rings. The standard InChI is InChI=1S/C28H56NO4P/c1-5-6-7-8-9-10-11-12-13-14-15-16-17-18-19-20-21-22-23-24-25-26-28(30,34(31,32)33)27-29(2,3)4/h11-12,23-24,30H,5-10,13-22,25-27H2,1-4H3,(H-,31,32,33)/p+1/b12-11-,24-23-. The molecular formula is C28H57NO4P+. The molecule has 0 saturated carbocycles. The lowest BCUT2D eigenvalue weighted by Crippen LogP contribution is -2.49. The van der Waals surface area contributed by atoms with Crippen LogP contribution in [0.25, 0.3) is 0 Å². The van der Waals surface area contributed by atoms with Gasteiger partial charge in [-0.25, -0.2) is 0 Å². The van der Waals surface area contributed by atoms with Crippen LogP contribution in [-0.4, -0.2) is 52.4 Å². The molecule has 0 aromatic heterocycles. The highest BCUT2D eigenvalue weighted by Gasteiger charge is 2.48. The second-order valence-electron chi connectivity index (χ2n) is 11.1. The zero-order valence-corrected chi connectivity index (χ0v) is 23.8. The highest BCUT2D eigenvalue weighted by Crippen LogP contribution is 2.52. The molecule has 0 fully saturated rings. The van der Waals surface area contributed by atoms with E-state index in [2.05, 4.69) is 25.2 Å². The van der Waals surface area contributed by atoms with E-state index in [1.54, 1.807) is 0 Å². The monoisotopic (exact) mass is 502 g/mol. The van der Waals surface area contributed by atoms with Crippen molar-refractivity contribution in [2.75, 3.05) is 27.7 Å². The molecule has 1 atom stereocenters. The Labute approximate surface area is 211 Å². The molecule has 34 heavy (non-hydrogen) atoms. The summed E-state index contributed by atoms with van der Waals surface area (Å²) in [5.74, 6) is 0. The zero-order chi connectivity index (χ0) is 25.8. The van der Waals surface area contributed by atoms with Gasteiger partial charge in [-0.05, 0) is 51.4 Å². The molecule has 0 amide bonds. The van der Waals surface area contributed by atoms with E-state index in [0.29, 0.717) is 10.9 Å². The van der Waals surface area contributed by atoms with Crippen LogP contribution < -0.4 is 0 Å². The molecule has 6 heteroatoms. The molecule has 0 spiro atoms. The predicted molar refractivity (Wildman–Crippen MR) is 147 cm³/mol. The molecule has 0 bridgehead atoms. The molecular weight excluding hydrogens is 445 g/mol. The summed E-state index contributed by atoms with van der Waals surface area (Å²) in [6, 6.07) is 0. The van der Waals surface area contributed by atoms with Crippen molar-refractivity contribution in [3.63, 3.8) is 0 Å². The Kier molecular flexibility index (Phi) is 19.4. The average Bonchev–Trinajstić information content (AvgIpc) is 2.73. The van der Waals surface area contributed by atoms with Crippen molar-refractivity contribution in [3.8, 4) is 0 Å². The second kappa shape index (κ2) is 19.7. The van der Waals surface area contributed by atoms with Crippen LogP contribution in [0.15, 0.2) is 24.3 Å². The minimum atomic E-state index is -4.58. The number of allylic oxidation sites excluding steroid dienone is 4. The van der Waals surface area contributed by atoms with E-state index in [9.17, 15) is 19.5 Å². The third-order valence-corrected chi connectivity index (χ3v) is 7.73. The minimum absolute atomic E-state index is 0.0288. The van der Waals surface area contributed by atoms with Crippen molar-refractivity contribution >= 4 is 7.60 Å². The topological polar surface area (TPSA) is 77.8 Å². The Morgan fingerprint density at radius 2 is 1.00 bits per heavy atom. The van der Waals surface area contributed by atoms with E-state index in [1.165, 1.54) is 89.9 Å². The first-order valence-corrected chi connectivity index (χ1v) is 15.5. The Morgan fingerprint density at radius 3 is 1.35 bits per heavy atom. The molecule has 3 N–H and O–H groups in total. The van der Waals surface area contributed by atoms with E-state index < -0.39 is 12.9 Å². The number of quaternary nitrogens is 1. The number of aliphatic hydroxyl groups is 1. The fraction of sp³-hybridized carbons (Fsp3) is 0.857. The maximum atomic E-state index is 11.8. The van der Waals surface area contributed by atoms with Gasteiger partial charge in [0.15, 0.2) is 0 Å². The van der Waals surface area contributed by atoms with Gasteiger partial charge in [0.05, 0.1) is 21.1 Å². The van der Waals surface area contributed by atoms with Crippen molar-refractivity contribution in [2.45, 2.75) is 128 Å². The fourth-order valence-electron chi connectivity index (χ4n) is 4.31. The first-order valence-electron chi connectivity index (χ1n) is 13.9. The molecule has 0 aliphatic rings. The Morgan fingerprint density at radius 1 is 0.647 bits per heavy atom. The molecule has 202 valence electrons. The van der Waals surface area contributed by atoms with E-state index >= 15 is 0 Å². The molecule has 0 rings (SSSR count). The molecule has 0 radical (unpaired) electrons. The maximum Gasteiger partial charge on any atom is 0.362 e. The summed E-state index contributed by atoms with van der Waals surface area (Å²) < 4.78 is 12.1. The number of hydrogen-bond acceptors (Lipinski definition) is 2. The highest BCUT2D eigenvalue weighted by atomic mass is 31.2. The fourth-order valence-corrected chi connectivity index (χ4v) is 5.34. The molecule has 0 aromatic carbocycles. The summed E-state index contributed by atoms with van der Waals surface area (Å²) in [7, 11) is 0.898. The molecule has 5 nitrogen and oxygen atoms in total. The summed E-state index contributed by atoms with van der Waals surface area (Å²) >= 11 is 0. The van der Waals surface area contributed by atoms with Crippen LogP contribution in [0.5, 0.6) is 0 Å². The third-order valence-electron chi connectivity index (χ3n) is 6.28. The van der Waals surface area contributed by atoms with Crippen LogP contribution >= 0.6 is 7.60 Å². The number of hydrogen-bond donors (Lipinski definition) is 3. The van der Waals surface area contributed by atoms with Crippen molar-refractivity contribution in [3.05, 3.63) is 24.3 Å². The summed E-state index contributed by atoms with van der Waals surface area (Å²) in [6.07, 6.45) is 30.0. The third kappa shape index (κ3) is 19.8. The second-order valence-corrected chi connectivity index (χ2v) is 13.0. The van der Waals surface area contributed by atoms with Crippen molar-refractivity contribution in [1.82, 2.24) is 0 Å². The smallest absolute Gasteiger partial charge is 0.362 e. The SMILES string of the molecule is CCCCCCC/C=C\CCCCCCCCCC/C=C\CCC(O)(C[N+](C)(C)C)P(=O)(O)O. The van der Waals surface area contributed by atoms with Crippen LogP contribution in [-0.2, 0) is 4.57 Å². The highest BCUT2D eigenvalue weighted by molar-refractivity contribution is 7.53. The number of rotatable bonds is 23. The minimum Gasteiger partial charge on any atom is -0.373 e. The van der Waals surface area contributed by atoms with E-state index in [-0.39, 0.29) is 13.0 Å². The first-order chi connectivity index (χ1) is 16.0. The van der Waals surface area contributed by atoms with Gasteiger partial charge in [-0.3, -0.25) is 4.57 Å².